The standard InChI is InChI=1S/C27H21ClFN3O6/c1-2-37-22-14-16(12-20-25(34)31-27(36)32(26(20)35)19-6-4-3-5-7-19)13-21(28)24(22)38-15-23(33)30-18-10-8-17(29)9-11-18/h3-14H,2,15H2,1H3,(H,30,33)(H,31,34,36)/b20-12-. The molecule has 11 heteroatoms. The molecule has 1 aliphatic rings. The topological polar surface area (TPSA) is 114 Å². The summed E-state index contributed by atoms with van der Waals surface area (Å²) in [5.74, 6) is -2.38. The molecule has 3 aromatic rings. The molecule has 3 aromatic carbocycles. The third-order valence-corrected chi connectivity index (χ3v) is 5.52. The third kappa shape index (κ3) is 5.98. The van der Waals surface area contributed by atoms with E-state index in [-0.39, 0.29) is 28.7 Å². The molecule has 0 aromatic heterocycles. The highest BCUT2D eigenvalue weighted by molar-refractivity contribution is 6.39. The molecule has 0 aliphatic carbocycles. The average molecular weight is 538 g/mol. The molecule has 1 aliphatic heterocycles. The minimum atomic E-state index is -0.862. The highest BCUT2D eigenvalue weighted by atomic mass is 35.5. The second-order valence-electron chi connectivity index (χ2n) is 7.90. The number of hydrogen-bond acceptors (Lipinski definition) is 6. The number of carbonyl (C=O) groups excluding carboxylic acids is 4. The van der Waals surface area contributed by atoms with Gasteiger partial charge in [-0.05, 0) is 67.1 Å². The lowest BCUT2D eigenvalue weighted by molar-refractivity contribution is -0.122. The molecule has 38 heavy (non-hydrogen) atoms. The number of urea groups is 1. The smallest absolute Gasteiger partial charge is 0.335 e. The fourth-order valence-corrected chi connectivity index (χ4v) is 3.85. The van der Waals surface area contributed by atoms with Crippen molar-refractivity contribution in [2.24, 2.45) is 0 Å². The Balaban J connectivity index is 1.57. The van der Waals surface area contributed by atoms with Crippen LogP contribution in [0.1, 0.15) is 12.5 Å². The average Bonchev–Trinajstić information content (AvgIpc) is 2.88. The molecule has 194 valence electrons. The molecule has 9 nitrogen and oxygen atoms in total. The molecule has 1 saturated heterocycles. The van der Waals surface area contributed by atoms with Crippen LogP contribution in [0.2, 0.25) is 5.02 Å². The molecule has 4 rings (SSSR count). The van der Waals surface area contributed by atoms with Crippen molar-refractivity contribution in [1.29, 1.82) is 0 Å². The quantitative estimate of drug-likeness (QED) is 0.321. The largest absolute Gasteiger partial charge is 0.490 e. The molecule has 2 N–H and O–H groups in total. The number of carbonyl (C=O) groups is 4. The Morgan fingerprint density at radius 2 is 1.76 bits per heavy atom. The SMILES string of the molecule is CCOc1cc(/C=C2/C(=O)NC(=O)N(c3ccccc3)C2=O)cc(Cl)c1OCC(=O)Nc1ccc(F)cc1. The Morgan fingerprint density at radius 1 is 1.05 bits per heavy atom. The molecule has 1 heterocycles. The number of amides is 5. The first-order valence-electron chi connectivity index (χ1n) is 11.4. The van der Waals surface area contributed by atoms with Gasteiger partial charge in [0.25, 0.3) is 17.7 Å². The van der Waals surface area contributed by atoms with E-state index in [4.69, 9.17) is 21.1 Å². The molecular formula is C27H21ClFN3O6. The van der Waals surface area contributed by atoms with Gasteiger partial charge in [-0.2, -0.15) is 0 Å². The number of halogens is 2. The molecule has 0 bridgehead atoms. The second kappa shape index (κ2) is 11.6. The van der Waals surface area contributed by atoms with Gasteiger partial charge >= 0.3 is 6.03 Å². The summed E-state index contributed by atoms with van der Waals surface area (Å²) in [6.45, 7) is 1.53. The van der Waals surface area contributed by atoms with Crippen LogP contribution < -0.4 is 25.0 Å². The maximum atomic E-state index is 13.1. The number of rotatable bonds is 8. The van der Waals surface area contributed by atoms with E-state index in [1.54, 1.807) is 37.3 Å². The molecule has 0 radical (unpaired) electrons. The highest BCUT2D eigenvalue weighted by Crippen LogP contribution is 2.37. The summed E-state index contributed by atoms with van der Waals surface area (Å²) in [6, 6.07) is 15.4. The Labute approximate surface area is 221 Å². The predicted molar refractivity (Wildman–Crippen MR) is 139 cm³/mol. The molecule has 0 atom stereocenters. The van der Waals surface area contributed by atoms with Gasteiger partial charge in [-0.3, -0.25) is 19.7 Å². The summed E-state index contributed by atoms with van der Waals surface area (Å²) in [5, 5.41) is 4.78. The van der Waals surface area contributed by atoms with Gasteiger partial charge in [0.05, 0.1) is 17.3 Å². The summed E-state index contributed by atoms with van der Waals surface area (Å²) in [5.41, 5.74) is 0.711. The minimum Gasteiger partial charge on any atom is -0.490 e. The summed E-state index contributed by atoms with van der Waals surface area (Å²) in [6.07, 6.45) is 1.28. The van der Waals surface area contributed by atoms with Crippen LogP contribution >= 0.6 is 11.6 Å². The van der Waals surface area contributed by atoms with Gasteiger partial charge in [-0.1, -0.05) is 29.8 Å². The monoisotopic (exact) mass is 537 g/mol. The van der Waals surface area contributed by atoms with Gasteiger partial charge in [0, 0.05) is 5.69 Å². The number of para-hydroxylation sites is 1. The zero-order chi connectivity index (χ0) is 27.2. The third-order valence-electron chi connectivity index (χ3n) is 5.23. The molecule has 1 fully saturated rings. The molecule has 5 amide bonds. The first-order chi connectivity index (χ1) is 18.3. The van der Waals surface area contributed by atoms with Crippen LogP contribution in [0.25, 0.3) is 6.08 Å². The van der Waals surface area contributed by atoms with Gasteiger partial charge in [-0.15, -0.1) is 0 Å². The van der Waals surface area contributed by atoms with E-state index in [2.05, 4.69) is 10.6 Å². The number of hydrogen-bond donors (Lipinski definition) is 2. The van der Waals surface area contributed by atoms with Crippen molar-refractivity contribution in [3.05, 3.63) is 88.7 Å². The Kier molecular flexibility index (Phi) is 8.03. The van der Waals surface area contributed by atoms with Crippen molar-refractivity contribution < 1.29 is 33.0 Å². The summed E-state index contributed by atoms with van der Waals surface area (Å²) in [4.78, 5) is 51.1. The van der Waals surface area contributed by atoms with Gasteiger partial charge in [0.15, 0.2) is 18.1 Å². The minimum absolute atomic E-state index is 0.0528. The van der Waals surface area contributed by atoms with Gasteiger partial charge in [-0.25, -0.2) is 14.1 Å². The van der Waals surface area contributed by atoms with E-state index in [1.807, 2.05) is 0 Å². The van der Waals surface area contributed by atoms with Crippen molar-refractivity contribution in [1.82, 2.24) is 5.32 Å². The Hall–Kier alpha value is -4.70. The second-order valence-corrected chi connectivity index (χ2v) is 8.31. The number of imide groups is 2. The lowest BCUT2D eigenvalue weighted by Gasteiger charge is -2.26. The first-order valence-corrected chi connectivity index (χ1v) is 11.8. The number of ether oxygens (including phenoxy) is 2. The lowest BCUT2D eigenvalue weighted by Crippen LogP contribution is -2.54. The van der Waals surface area contributed by atoms with Crippen LogP contribution in [0.5, 0.6) is 11.5 Å². The van der Waals surface area contributed by atoms with Crippen molar-refractivity contribution >= 4 is 52.8 Å². The van der Waals surface area contributed by atoms with Crippen LogP contribution in [0.15, 0.2) is 72.3 Å². The Morgan fingerprint density at radius 3 is 2.45 bits per heavy atom. The van der Waals surface area contributed by atoms with Gasteiger partial charge in [0.2, 0.25) is 0 Å². The summed E-state index contributed by atoms with van der Waals surface area (Å²) < 4.78 is 24.3. The fourth-order valence-electron chi connectivity index (χ4n) is 3.58. The molecular weight excluding hydrogens is 517 g/mol. The van der Waals surface area contributed by atoms with E-state index in [9.17, 15) is 23.6 Å². The Bertz CT molecular complexity index is 1430. The maximum Gasteiger partial charge on any atom is 0.335 e. The zero-order valence-corrected chi connectivity index (χ0v) is 20.8. The van der Waals surface area contributed by atoms with Crippen molar-refractivity contribution in [2.45, 2.75) is 6.92 Å². The zero-order valence-electron chi connectivity index (χ0n) is 20.0. The van der Waals surface area contributed by atoms with Crippen LogP contribution in [-0.4, -0.2) is 37.0 Å². The lowest BCUT2D eigenvalue weighted by atomic mass is 10.1. The molecule has 0 spiro atoms. The van der Waals surface area contributed by atoms with Crippen molar-refractivity contribution in [2.75, 3.05) is 23.4 Å². The molecule has 0 saturated carbocycles. The van der Waals surface area contributed by atoms with Gasteiger partial charge < -0.3 is 14.8 Å². The van der Waals surface area contributed by atoms with E-state index >= 15 is 0 Å². The summed E-state index contributed by atoms with van der Waals surface area (Å²) >= 11 is 6.41. The van der Waals surface area contributed by atoms with Crippen LogP contribution in [0.4, 0.5) is 20.6 Å². The fraction of sp³-hybridized carbons (Fsp3) is 0.111. The number of benzene rings is 3. The predicted octanol–water partition coefficient (Wildman–Crippen LogP) is 4.56. The van der Waals surface area contributed by atoms with E-state index < -0.39 is 36.2 Å². The number of nitrogens with one attached hydrogen (secondary N) is 2. The number of nitrogens with zero attached hydrogens (tertiary/aromatic N) is 1. The van der Waals surface area contributed by atoms with Crippen LogP contribution in [0.3, 0.4) is 0 Å². The van der Waals surface area contributed by atoms with E-state index in [0.29, 0.717) is 16.9 Å². The van der Waals surface area contributed by atoms with Crippen LogP contribution in [-0.2, 0) is 14.4 Å². The van der Waals surface area contributed by atoms with E-state index in [1.165, 1.54) is 42.5 Å². The maximum absolute atomic E-state index is 13.1. The number of anilines is 2. The van der Waals surface area contributed by atoms with Crippen molar-refractivity contribution in [3.63, 3.8) is 0 Å². The normalized spacial score (nSPS) is 14.3. The highest BCUT2D eigenvalue weighted by Gasteiger charge is 2.36. The van der Waals surface area contributed by atoms with E-state index in [0.717, 1.165) is 4.90 Å². The molecule has 0 unspecified atom stereocenters. The summed E-state index contributed by atoms with van der Waals surface area (Å²) in [7, 11) is 0. The van der Waals surface area contributed by atoms with Crippen molar-refractivity contribution in [3.8, 4) is 11.5 Å². The first kappa shape index (κ1) is 26.4. The number of barbiturate groups is 1. The van der Waals surface area contributed by atoms with Gasteiger partial charge in [0.1, 0.15) is 11.4 Å². The van der Waals surface area contributed by atoms with Crippen LogP contribution in [0, 0.1) is 5.82 Å².